The first-order valence-corrected chi connectivity index (χ1v) is 12.7. The van der Waals surface area contributed by atoms with Crippen LogP contribution in [0.3, 0.4) is 0 Å². The van der Waals surface area contributed by atoms with E-state index in [-0.39, 0.29) is 16.8 Å². The monoisotopic (exact) mass is 432 g/mol. The fraction of sp³-hybridized carbons (Fsp3) is 0.409. The minimum atomic E-state index is -3.77. The number of hydrogen-bond donors (Lipinski definition) is 2. The Morgan fingerprint density at radius 2 is 1.90 bits per heavy atom. The van der Waals surface area contributed by atoms with Crippen LogP contribution in [0.4, 0.5) is 0 Å². The summed E-state index contributed by atoms with van der Waals surface area (Å²) in [6.07, 6.45) is 5.26. The number of hydrogen-bond acceptors (Lipinski definition) is 4. The molecule has 2 aromatic rings. The molecule has 3 rings (SSSR count). The van der Waals surface area contributed by atoms with Crippen molar-refractivity contribution < 1.29 is 13.2 Å². The molecule has 0 saturated heterocycles. The molecule has 0 saturated carbocycles. The summed E-state index contributed by atoms with van der Waals surface area (Å²) >= 11 is 1.59. The Morgan fingerprint density at radius 3 is 2.62 bits per heavy atom. The molecule has 0 heterocycles. The number of benzene rings is 2. The number of nitrogens with one attached hydrogen (secondary N) is 2. The Kier molecular flexibility index (Phi) is 7.38. The minimum Gasteiger partial charge on any atom is -0.348 e. The largest absolute Gasteiger partial charge is 0.348 e. The van der Waals surface area contributed by atoms with Gasteiger partial charge in [0.1, 0.15) is 6.04 Å². The number of carbonyl (C=O) groups excluding carboxylic acids is 1. The second-order valence-electron chi connectivity index (χ2n) is 7.42. The Morgan fingerprint density at radius 1 is 1.17 bits per heavy atom. The highest BCUT2D eigenvalue weighted by atomic mass is 32.2. The van der Waals surface area contributed by atoms with Gasteiger partial charge in [0.15, 0.2) is 0 Å². The smallest absolute Gasteiger partial charge is 0.241 e. The zero-order valence-corrected chi connectivity index (χ0v) is 18.5. The molecule has 1 amide bonds. The van der Waals surface area contributed by atoms with Gasteiger partial charge in [-0.2, -0.15) is 16.5 Å². The summed E-state index contributed by atoms with van der Waals surface area (Å²) in [5.41, 5.74) is 3.37. The van der Waals surface area contributed by atoms with E-state index in [2.05, 4.69) is 16.1 Å². The third-order valence-electron chi connectivity index (χ3n) is 5.24. The van der Waals surface area contributed by atoms with Crippen LogP contribution in [0.1, 0.15) is 42.0 Å². The standard InChI is InChI=1S/C22H28N2O3S2/c1-16-10-12-18(13-11-16)29(26,27)24-21(14-15-28-2)22(25)23-20-9-5-7-17-6-3-4-8-19(17)20/h3-4,6,8,10-13,20-21,24H,5,7,9,14-15H2,1-2H3,(H,23,25). The molecular formula is C22H28N2O3S2. The third kappa shape index (κ3) is 5.62. The predicted octanol–water partition coefficient (Wildman–Crippen LogP) is 3.59. The maximum atomic E-state index is 13.0. The van der Waals surface area contributed by atoms with Gasteiger partial charge in [-0.05, 0) is 67.9 Å². The molecule has 2 atom stereocenters. The van der Waals surface area contributed by atoms with Gasteiger partial charge in [0.25, 0.3) is 0 Å². The molecule has 0 aromatic heterocycles. The number of rotatable bonds is 8. The van der Waals surface area contributed by atoms with E-state index >= 15 is 0 Å². The second kappa shape index (κ2) is 9.78. The predicted molar refractivity (Wildman–Crippen MR) is 119 cm³/mol. The molecule has 0 spiro atoms. The fourth-order valence-electron chi connectivity index (χ4n) is 3.63. The summed E-state index contributed by atoms with van der Waals surface area (Å²) in [6.45, 7) is 1.90. The molecule has 29 heavy (non-hydrogen) atoms. The van der Waals surface area contributed by atoms with Gasteiger partial charge in [-0.25, -0.2) is 8.42 Å². The lowest BCUT2D eigenvalue weighted by Gasteiger charge is -2.28. The first kappa shape index (κ1) is 21.9. The topological polar surface area (TPSA) is 75.3 Å². The summed E-state index contributed by atoms with van der Waals surface area (Å²) in [7, 11) is -3.77. The van der Waals surface area contributed by atoms with Gasteiger partial charge in [-0.15, -0.1) is 0 Å². The van der Waals surface area contributed by atoms with Crippen molar-refractivity contribution in [3.8, 4) is 0 Å². The summed E-state index contributed by atoms with van der Waals surface area (Å²) in [5.74, 6) is 0.423. The Bertz CT molecular complexity index is 943. The maximum Gasteiger partial charge on any atom is 0.241 e. The van der Waals surface area contributed by atoms with Gasteiger partial charge in [0, 0.05) is 0 Å². The maximum absolute atomic E-state index is 13.0. The van der Waals surface area contributed by atoms with Gasteiger partial charge in [-0.3, -0.25) is 4.79 Å². The van der Waals surface area contributed by atoms with E-state index in [4.69, 9.17) is 0 Å². The van der Waals surface area contributed by atoms with Crippen LogP contribution in [-0.4, -0.2) is 32.4 Å². The van der Waals surface area contributed by atoms with Gasteiger partial charge in [0.05, 0.1) is 10.9 Å². The molecule has 0 bridgehead atoms. The number of aryl methyl sites for hydroxylation is 2. The van der Waals surface area contributed by atoms with Crippen LogP contribution < -0.4 is 10.0 Å². The van der Waals surface area contributed by atoms with E-state index in [1.54, 1.807) is 36.0 Å². The molecule has 0 fully saturated rings. The lowest BCUT2D eigenvalue weighted by molar-refractivity contribution is -0.123. The van der Waals surface area contributed by atoms with Crippen LogP contribution in [-0.2, 0) is 21.2 Å². The summed E-state index contributed by atoms with van der Waals surface area (Å²) in [6, 6.07) is 13.9. The van der Waals surface area contributed by atoms with Crippen LogP contribution in [0, 0.1) is 6.92 Å². The second-order valence-corrected chi connectivity index (χ2v) is 10.1. The Labute approximate surface area is 177 Å². The molecule has 0 aliphatic heterocycles. The quantitative estimate of drug-likeness (QED) is 0.668. The van der Waals surface area contributed by atoms with Gasteiger partial charge < -0.3 is 5.32 Å². The molecule has 156 valence electrons. The zero-order valence-electron chi connectivity index (χ0n) is 16.9. The molecule has 0 radical (unpaired) electrons. The number of carbonyl (C=O) groups is 1. The highest BCUT2D eigenvalue weighted by molar-refractivity contribution is 7.98. The zero-order chi connectivity index (χ0) is 20.9. The average Bonchev–Trinajstić information content (AvgIpc) is 2.71. The lowest BCUT2D eigenvalue weighted by atomic mass is 9.87. The lowest BCUT2D eigenvalue weighted by Crippen LogP contribution is -2.48. The Hall–Kier alpha value is -1.83. The average molecular weight is 433 g/mol. The number of thioether (sulfide) groups is 1. The molecule has 1 aliphatic carbocycles. The van der Waals surface area contributed by atoms with Crippen molar-refractivity contribution >= 4 is 27.7 Å². The van der Waals surface area contributed by atoms with Crippen LogP contribution in [0.2, 0.25) is 0 Å². The summed E-state index contributed by atoms with van der Waals surface area (Å²) in [4.78, 5) is 13.2. The van der Waals surface area contributed by atoms with Crippen LogP contribution in [0.5, 0.6) is 0 Å². The first-order chi connectivity index (χ1) is 13.9. The third-order valence-corrected chi connectivity index (χ3v) is 7.37. The van der Waals surface area contributed by atoms with Crippen molar-refractivity contribution in [1.29, 1.82) is 0 Å². The van der Waals surface area contributed by atoms with E-state index < -0.39 is 16.1 Å². The van der Waals surface area contributed by atoms with E-state index in [0.29, 0.717) is 12.2 Å². The fourth-order valence-corrected chi connectivity index (χ4v) is 5.33. The minimum absolute atomic E-state index is 0.0758. The van der Waals surface area contributed by atoms with E-state index in [9.17, 15) is 13.2 Å². The number of fused-ring (bicyclic) bond motifs is 1. The first-order valence-electron chi connectivity index (χ1n) is 9.87. The van der Waals surface area contributed by atoms with Crippen LogP contribution in [0.15, 0.2) is 53.4 Å². The summed E-state index contributed by atoms with van der Waals surface area (Å²) < 4.78 is 28.3. The highest BCUT2D eigenvalue weighted by Crippen LogP contribution is 2.29. The molecule has 1 aliphatic rings. The summed E-state index contributed by atoms with van der Waals surface area (Å²) in [5, 5.41) is 3.09. The number of amides is 1. The van der Waals surface area contributed by atoms with Crippen LogP contribution in [0.25, 0.3) is 0 Å². The number of sulfonamides is 1. The van der Waals surface area contributed by atoms with Crippen molar-refractivity contribution in [1.82, 2.24) is 10.0 Å². The molecule has 2 N–H and O–H groups in total. The van der Waals surface area contributed by atoms with E-state index in [0.717, 1.165) is 30.4 Å². The van der Waals surface area contributed by atoms with E-state index in [1.165, 1.54) is 5.56 Å². The van der Waals surface area contributed by atoms with Crippen molar-refractivity contribution in [3.05, 3.63) is 65.2 Å². The SMILES string of the molecule is CSCCC(NS(=O)(=O)c1ccc(C)cc1)C(=O)NC1CCCc2ccccc21. The van der Waals surface area contributed by atoms with Crippen LogP contribution >= 0.6 is 11.8 Å². The van der Waals surface area contributed by atoms with Crippen molar-refractivity contribution in [2.75, 3.05) is 12.0 Å². The van der Waals surface area contributed by atoms with E-state index in [1.807, 2.05) is 31.4 Å². The molecular weight excluding hydrogens is 404 g/mol. The molecule has 2 unspecified atom stereocenters. The molecule has 2 aromatic carbocycles. The molecule has 7 heteroatoms. The van der Waals surface area contributed by atoms with Crippen molar-refractivity contribution in [3.63, 3.8) is 0 Å². The highest BCUT2D eigenvalue weighted by Gasteiger charge is 2.29. The normalized spacial score (nSPS) is 17.4. The van der Waals surface area contributed by atoms with Gasteiger partial charge >= 0.3 is 0 Å². The molecule has 5 nitrogen and oxygen atoms in total. The Balaban J connectivity index is 1.76. The van der Waals surface area contributed by atoms with Gasteiger partial charge in [0.2, 0.25) is 15.9 Å². The van der Waals surface area contributed by atoms with Gasteiger partial charge in [-0.1, -0.05) is 42.0 Å². The van der Waals surface area contributed by atoms with Crippen molar-refractivity contribution in [2.24, 2.45) is 0 Å². The van der Waals surface area contributed by atoms with Crippen molar-refractivity contribution in [2.45, 2.75) is 49.6 Å².